The fourth-order valence-electron chi connectivity index (χ4n) is 3.19. The molecule has 1 aromatic carbocycles. The monoisotopic (exact) mass is 412 g/mol. The van der Waals surface area contributed by atoms with Gasteiger partial charge >= 0.3 is 6.09 Å². The Morgan fingerprint density at radius 2 is 2.11 bits per heavy atom. The Balaban J connectivity index is 1.79. The van der Waals surface area contributed by atoms with Crippen LogP contribution in [0.5, 0.6) is 5.75 Å². The molecule has 0 saturated carbocycles. The maximum Gasteiger partial charge on any atom is 0.407 e. The maximum absolute atomic E-state index is 12.0. The summed E-state index contributed by atoms with van der Waals surface area (Å²) in [6.45, 7) is 9.44. The van der Waals surface area contributed by atoms with Crippen molar-refractivity contribution in [2.75, 3.05) is 40.0 Å². The third-order valence-electron chi connectivity index (χ3n) is 4.48. The smallest absolute Gasteiger partial charge is 0.407 e. The Morgan fingerprint density at radius 3 is 2.79 bits per heavy atom. The van der Waals surface area contributed by atoms with Crippen molar-refractivity contribution in [1.82, 2.24) is 10.2 Å². The van der Waals surface area contributed by atoms with E-state index in [0.29, 0.717) is 24.0 Å². The van der Waals surface area contributed by atoms with Crippen LogP contribution in [0.3, 0.4) is 0 Å². The highest BCUT2D eigenvalue weighted by Crippen LogP contribution is 2.26. The van der Waals surface area contributed by atoms with Crippen molar-refractivity contribution in [1.29, 1.82) is 0 Å². The van der Waals surface area contributed by atoms with E-state index in [2.05, 4.69) is 10.2 Å². The molecule has 1 saturated heterocycles. The first kappa shape index (κ1) is 22.8. The standard InChI is InChI=1S/C21H33ClN2O4/c1-21(2,3)28-20(25)23-17-6-5-10-24(15-17)11-9-16-7-8-19(18(22)14-16)27-13-12-26-4/h7-8,14,17H,5-6,9-13,15H2,1-4H3,(H,23,25)/t17-/m1/s1. The topological polar surface area (TPSA) is 60.0 Å². The molecule has 0 aliphatic carbocycles. The molecule has 0 unspecified atom stereocenters. The number of amides is 1. The third kappa shape index (κ3) is 8.25. The van der Waals surface area contributed by atoms with E-state index >= 15 is 0 Å². The fourth-order valence-corrected chi connectivity index (χ4v) is 3.45. The molecule has 28 heavy (non-hydrogen) atoms. The van der Waals surface area contributed by atoms with Gasteiger partial charge in [0.25, 0.3) is 0 Å². The number of piperidine rings is 1. The van der Waals surface area contributed by atoms with Gasteiger partial charge in [-0.1, -0.05) is 17.7 Å². The van der Waals surface area contributed by atoms with Crippen LogP contribution in [0, 0.1) is 0 Å². The van der Waals surface area contributed by atoms with Crippen LogP contribution in [-0.4, -0.2) is 62.6 Å². The lowest BCUT2D eigenvalue weighted by molar-refractivity contribution is 0.0472. The molecular weight excluding hydrogens is 380 g/mol. The molecule has 1 amide bonds. The van der Waals surface area contributed by atoms with Gasteiger partial charge in [0.05, 0.1) is 11.6 Å². The summed E-state index contributed by atoms with van der Waals surface area (Å²) in [6.07, 6.45) is 2.61. The van der Waals surface area contributed by atoms with Crippen LogP contribution in [0.1, 0.15) is 39.2 Å². The van der Waals surface area contributed by atoms with Crippen LogP contribution in [0.15, 0.2) is 18.2 Å². The second kappa shape index (κ2) is 10.9. The largest absolute Gasteiger partial charge is 0.490 e. The number of ether oxygens (including phenoxy) is 3. The molecular formula is C21H33ClN2O4. The molecule has 1 heterocycles. The van der Waals surface area contributed by atoms with Gasteiger partial charge in [0.2, 0.25) is 0 Å². The molecule has 0 spiro atoms. The lowest BCUT2D eigenvalue weighted by Gasteiger charge is -2.33. The van der Waals surface area contributed by atoms with E-state index in [1.807, 2.05) is 39.0 Å². The highest BCUT2D eigenvalue weighted by molar-refractivity contribution is 6.32. The minimum atomic E-state index is -0.475. The van der Waals surface area contributed by atoms with E-state index in [-0.39, 0.29) is 12.1 Å². The van der Waals surface area contributed by atoms with Gasteiger partial charge in [0.15, 0.2) is 0 Å². The lowest BCUT2D eigenvalue weighted by atomic mass is 10.0. The average molecular weight is 413 g/mol. The molecule has 1 fully saturated rings. The lowest BCUT2D eigenvalue weighted by Crippen LogP contribution is -2.49. The first-order chi connectivity index (χ1) is 13.3. The molecule has 1 atom stereocenters. The quantitative estimate of drug-likeness (QED) is 0.656. The van der Waals surface area contributed by atoms with Crippen LogP contribution in [0.25, 0.3) is 0 Å². The van der Waals surface area contributed by atoms with Crippen molar-refractivity contribution >= 4 is 17.7 Å². The predicted molar refractivity (Wildman–Crippen MR) is 111 cm³/mol. The van der Waals surface area contributed by atoms with Crippen LogP contribution in [0.4, 0.5) is 4.79 Å². The zero-order valence-electron chi connectivity index (χ0n) is 17.4. The van der Waals surface area contributed by atoms with Gasteiger partial charge < -0.3 is 24.4 Å². The van der Waals surface area contributed by atoms with Gasteiger partial charge in [-0.05, 0) is 64.3 Å². The van der Waals surface area contributed by atoms with Crippen LogP contribution < -0.4 is 10.1 Å². The number of methoxy groups -OCH3 is 1. The molecule has 0 bridgehead atoms. The average Bonchev–Trinajstić information content (AvgIpc) is 2.60. The molecule has 1 aromatic rings. The van der Waals surface area contributed by atoms with E-state index in [0.717, 1.165) is 38.9 Å². The van der Waals surface area contributed by atoms with Gasteiger partial charge in [-0.25, -0.2) is 4.79 Å². The van der Waals surface area contributed by atoms with E-state index in [1.54, 1.807) is 7.11 Å². The summed E-state index contributed by atoms with van der Waals surface area (Å²) in [5.74, 6) is 0.682. The van der Waals surface area contributed by atoms with Gasteiger partial charge in [0, 0.05) is 26.2 Å². The zero-order chi connectivity index (χ0) is 20.6. The van der Waals surface area contributed by atoms with E-state index in [9.17, 15) is 4.79 Å². The Bertz CT molecular complexity index is 633. The first-order valence-electron chi connectivity index (χ1n) is 9.89. The van der Waals surface area contributed by atoms with Crippen LogP contribution in [0.2, 0.25) is 5.02 Å². The van der Waals surface area contributed by atoms with Crippen molar-refractivity contribution < 1.29 is 19.0 Å². The summed E-state index contributed by atoms with van der Waals surface area (Å²) in [5.41, 5.74) is 0.697. The number of nitrogens with zero attached hydrogens (tertiary/aromatic N) is 1. The normalized spacial score (nSPS) is 18.0. The van der Waals surface area contributed by atoms with Crippen LogP contribution in [-0.2, 0) is 15.9 Å². The first-order valence-corrected chi connectivity index (χ1v) is 10.3. The predicted octanol–water partition coefficient (Wildman–Crippen LogP) is 3.90. The van der Waals surface area contributed by atoms with Gasteiger partial charge in [-0.15, -0.1) is 0 Å². The molecule has 6 nitrogen and oxygen atoms in total. The van der Waals surface area contributed by atoms with E-state index in [1.165, 1.54) is 5.56 Å². The van der Waals surface area contributed by atoms with Crippen LogP contribution >= 0.6 is 11.6 Å². The number of nitrogens with one attached hydrogen (secondary N) is 1. The number of benzene rings is 1. The summed E-state index contributed by atoms with van der Waals surface area (Å²) in [4.78, 5) is 14.4. The number of halogens is 1. The Morgan fingerprint density at radius 1 is 1.32 bits per heavy atom. The van der Waals surface area contributed by atoms with Crippen molar-refractivity contribution in [2.24, 2.45) is 0 Å². The summed E-state index contributed by atoms with van der Waals surface area (Å²) >= 11 is 6.32. The molecule has 1 N–H and O–H groups in total. The molecule has 0 aromatic heterocycles. The van der Waals surface area contributed by atoms with Gasteiger partial charge in [0.1, 0.15) is 18.0 Å². The molecule has 1 aliphatic heterocycles. The molecule has 2 rings (SSSR count). The molecule has 0 radical (unpaired) electrons. The molecule has 7 heteroatoms. The van der Waals surface area contributed by atoms with Crippen molar-refractivity contribution in [3.8, 4) is 5.75 Å². The fraction of sp³-hybridized carbons (Fsp3) is 0.667. The van der Waals surface area contributed by atoms with Crippen molar-refractivity contribution in [3.05, 3.63) is 28.8 Å². The second-order valence-corrected chi connectivity index (χ2v) is 8.55. The number of likely N-dealkylation sites (tertiary alicyclic amines) is 1. The maximum atomic E-state index is 12.0. The number of carbonyl (C=O) groups excluding carboxylic acids is 1. The molecule has 1 aliphatic rings. The zero-order valence-corrected chi connectivity index (χ0v) is 18.2. The SMILES string of the molecule is COCCOc1ccc(CCN2CCC[C@@H](NC(=O)OC(C)(C)C)C2)cc1Cl. The van der Waals surface area contributed by atoms with E-state index < -0.39 is 5.60 Å². The summed E-state index contributed by atoms with van der Waals surface area (Å²) < 4.78 is 15.9. The Hall–Kier alpha value is -1.50. The van der Waals surface area contributed by atoms with E-state index in [4.69, 9.17) is 25.8 Å². The Labute approximate surface area is 173 Å². The summed E-state index contributed by atoms with van der Waals surface area (Å²) in [5, 5.41) is 3.62. The Kier molecular flexibility index (Phi) is 8.86. The summed E-state index contributed by atoms with van der Waals surface area (Å²) in [7, 11) is 1.64. The third-order valence-corrected chi connectivity index (χ3v) is 4.78. The number of rotatable bonds is 8. The van der Waals surface area contributed by atoms with Crippen molar-refractivity contribution in [3.63, 3.8) is 0 Å². The number of alkyl carbamates (subject to hydrolysis) is 1. The minimum absolute atomic E-state index is 0.128. The van der Waals surface area contributed by atoms with Crippen molar-refractivity contribution in [2.45, 2.75) is 51.7 Å². The highest BCUT2D eigenvalue weighted by atomic mass is 35.5. The second-order valence-electron chi connectivity index (χ2n) is 8.14. The number of carbonyl (C=O) groups is 1. The number of hydrogen-bond acceptors (Lipinski definition) is 5. The van der Waals surface area contributed by atoms with Gasteiger partial charge in [-0.3, -0.25) is 0 Å². The molecule has 158 valence electrons. The summed E-state index contributed by atoms with van der Waals surface area (Å²) in [6, 6.07) is 6.05. The number of hydrogen-bond donors (Lipinski definition) is 1. The highest BCUT2D eigenvalue weighted by Gasteiger charge is 2.24. The van der Waals surface area contributed by atoms with Gasteiger partial charge in [-0.2, -0.15) is 0 Å². The minimum Gasteiger partial charge on any atom is -0.490 e.